The fourth-order valence-corrected chi connectivity index (χ4v) is 4.46. The summed E-state index contributed by atoms with van der Waals surface area (Å²) in [6.07, 6.45) is 5.81. The van der Waals surface area contributed by atoms with Gasteiger partial charge in [0.05, 0.1) is 6.42 Å². The van der Waals surface area contributed by atoms with Crippen molar-refractivity contribution in [3.63, 3.8) is 0 Å². The Bertz CT molecular complexity index is 762. The molecule has 1 aliphatic heterocycles. The highest BCUT2D eigenvalue weighted by molar-refractivity contribution is 7.10. The highest BCUT2D eigenvalue weighted by Gasteiger charge is 2.61. The van der Waals surface area contributed by atoms with Crippen LogP contribution in [0, 0.1) is 11.3 Å². The van der Waals surface area contributed by atoms with Crippen LogP contribution in [-0.2, 0) is 22.6 Å². The third kappa shape index (κ3) is 3.44. The highest BCUT2D eigenvalue weighted by atomic mass is 32.1. The van der Waals surface area contributed by atoms with E-state index in [-0.39, 0.29) is 23.1 Å². The normalized spacial score (nSPS) is 24.5. The van der Waals surface area contributed by atoms with Gasteiger partial charge in [-0.05, 0) is 35.9 Å². The number of carbonyl (C=O) groups excluding carboxylic acids is 2. The zero-order valence-electron chi connectivity index (χ0n) is 14.0. The van der Waals surface area contributed by atoms with Gasteiger partial charge in [-0.25, -0.2) is 0 Å². The molecular formula is C19H21N3O2S. The van der Waals surface area contributed by atoms with Crippen molar-refractivity contribution in [3.8, 4) is 0 Å². The van der Waals surface area contributed by atoms with Crippen molar-refractivity contribution in [2.45, 2.75) is 25.8 Å². The van der Waals surface area contributed by atoms with E-state index in [1.807, 2.05) is 34.5 Å². The van der Waals surface area contributed by atoms with Crippen LogP contribution in [0.25, 0.3) is 0 Å². The summed E-state index contributed by atoms with van der Waals surface area (Å²) in [6, 6.07) is 7.80. The fourth-order valence-electron chi connectivity index (χ4n) is 3.77. The van der Waals surface area contributed by atoms with Gasteiger partial charge in [-0.1, -0.05) is 12.1 Å². The van der Waals surface area contributed by atoms with E-state index >= 15 is 0 Å². The van der Waals surface area contributed by atoms with Gasteiger partial charge in [-0.3, -0.25) is 14.6 Å². The molecular weight excluding hydrogens is 334 g/mol. The van der Waals surface area contributed by atoms with E-state index in [1.165, 1.54) is 0 Å². The van der Waals surface area contributed by atoms with Crippen LogP contribution < -0.4 is 5.32 Å². The number of rotatable bonds is 5. The van der Waals surface area contributed by atoms with Gasteiger partial charge in [0.2, 0.25) is 11.8 Å². The van der Waals surface area contributed by atoms with E-state index < -0.39 is 0 Å². The molecule has 130 valence electrons. The maximum atomic E-state index is 12.4. The Morgan fingerprint density at radius 2 is 2.28 bits per heavy atom. The van der Waals surface area contributed by atoms with Gasteiger partial charge in [-0.2, -0.15) is 0 Å². The quantitative estimate of drug-likeness (QED) is 0.895. The van der Waals surface area contributed by atoms with E-state index in [1.54, 1.807) is 23.7 Å². The molecule has 2 atom stereocenters. The Morgan fingerprint density at radius 3 is 3.04 bits per heavy atom. The first-order chi connectivity index (χ1) is 12.2. The summed E-state index contributed by atoms with van der Waals surface area (Å²) in [5, 5.41) is 5.01. The van der Waals surface area contributed by atoms with Gasteiger partial charge in [0.1, 0.15) is 0 Å². The summed E-state index contributed by atoms with van der Waals surface area (Å²) in [5.41, 5.74) is 1.02. The Kier molecular flexibility index (Phi) is 4.29. The lowest BCUT2D eigenvalue weighted by Crippen LogP contribution is -2.32. The summed E-state index contributed by atoms with van der Waals surface area (Å²) >= 11 is 1.62. The second kappa shape index (κ2) is 6.59. The Morgan fingerprint density at radius 1 is 1.36 bits per heavy atom. The molecule has 1 N–H and O–H groups in total. The van der Waals surface area contributed by atoms with Gasteiger partial charge < -0.3 is 10.2 Å². The Labute approximate surface area is 151 Å². The summed E-state index contributed by atoms with van der Waals surface area (Å²) in [6.45, 7) is 2.01. The zero-order chi connectivity index (χ0) is 17.3. The van der Waals surface area contributed by atoms with E-state index in [4.69, 9.17) is 0 Å². The molecule has 2 aromatic heterocycles. The van der Waals surface area contributed by atoms with Gasteiger partial charge in [-0.15, -0.1) is 11.3 Å². The molecule has 0 bridgehead atoms. The minimum Gasteiger partial charge on any atom is -0.352 e. The van der Waals surface area contributed by atoms with E-state index in [2.05, 4.69) is 10.3 Å². The van der Waals surface area contributed by atoms with Gasteiger partial charge in [0, 0.05) is 48.2 Å². The van der Waals surface area contributed by atoms with Gasteiger partial charge in [0.15, 0.2) is 0 Å². The van der Waals surface area contributed by atoms with Crippen molar-refractivity contribution in [1.29, 1.82) is 0 Å². The molecule has 1 spiro atoms. The Balaban J connectivity index is 1.28. The molecule has 5 nitrogen and oxygen atoms in total. The lowest BCUT2D eigenvalue weighted by Gasteiger charge is -2.16. The van der Waals surface area contributed by atoms with E-state index in [9.17, 15) is 9.59 Å². The second-order valence-electron chi connectivity index (χ2n) is 7.02. The summed E-state index contributed by atoms with van der Waals surface area (Å²) < 4.78 is 0. The monoisotopic (exact) mass is 355 g/mol. The van der Waals surface area contributed by atoms with Crippen LogP contribution in [0.3, 0.4) is 0 Å². The lowest BCUT2D eigenvalue weighted by molar-refractivity contribution is -0.130. The smallest absolute Gasteiger partial charge is 0.227 e. The molecule has 1 saturated heterocycles. The first-order valence-electron chi connectivity index (χ1n) is 8.63. The summed E-state index contributed by atoms with van der Waals surface area (Å²) in [5.74, 6) is 0.334. The predicted molar refractivity (Wildman–Crippen MR) is 95.8 cm³/mol. The topological polar surface area (TPSA) is 62.3 Å². The summed E-state index contributed by atoms with van der Waals surface area (Å²) in [4.78, 5) is 32.0. The molecule has 1 saturated carbocycles. The molecule has 3 heterocycles. The van der Waals surface area contributed by atoms with Crippen molar-refractivity contribution >= 4 is 23.2 Å². The highest BCUT2D eigenvalue weighted by Crippen LogP contribution is 2.58. The van der Waals surface area contributed by atoms with E-state index in [0.29, 0.717) is 13.0 Å². The van der Waals surface area contributed by atoms with Crippen molar-refractivity contribution in [2.75, 3.05) is 13.1 Å². The third-order valence-corrected chi connectivity index (χ3v) is 6.22. The maximum Gasteiger partial charge on any atom is 0.227 e. The molecule has 1 aliphatic carbocycles. The molecule has 25 heavy (non-hydrogen) atoms. The second-order valence-corrected chi connectivity index (χ2v) is 8.05. The van der Waals surface area contributed by atoms with Crippen LogP contribution in [0.1, 0.15) is 23.3 Å². The zero-order valence-corrected chi connectivity index (χ0v) is 14.8. The molecule has 2 aromatic rings. The van der Waals surface area contributed by atoms with Crippen LogP contribution in [0.2, 0.25) is 0 Å². The van der Waals surface area contributed by atoms with Crippen LogP contribution in [0.15, 0.2) is 42.0 Å². The lowest BCUT2D eigenvalue weighted by atomic mass is 10.0. The fraction of sp³-hybridized carbons (Fsp3) is 0.421. The van der Waals surface area contributed by atoms with Crippen LogP contribution in [0.4, 0.5) is 0 Å². The van der Waals surface area contributed by atoms with Crippen molar-refractivity contribution in [2.24, 2.45) is 11.3 Å². The number of hydrogen-bond acceptors (Lipinski definition) is 4. The predicted octanol–water partition coefficient (Wildman–Crippen LogP) is 2.24. The first-order valence-corrected chi connectivity index (χ1v) is 9.51. The maximum absolute atomic E-state index is 12.4. The van der Waals surface area contributed by atoms with Gasteiger partial charge in [0.25, 0.3) is 0 Å². The average molecular weight is 355 g/mol. The molecule has 6 heteroatoms. The molecule has 4 rings (SSSR count). The first kappa shape index (κ1) is 16.3. The molecule has 0 aromatic carbocycles. The number of nitrogens with one attached hydrogen (secondary N) is 1. The van der Waals surface area contributed by atoms with Crippen molar-refractivity contribution in [3.05, 3.63) is 52.5 Å². The number of thiophene rings is 1. The van der Waals surface area contributed by atoms with E-state index in [0.717, 1.165) is 36.4 Å². The number of likely N-dealkylation sites (tertiary alicyclic amines) is 1. The van der Waals surface area contributed by atoms with Crippen LogP contribution >= 0.6 is 11.3 Å². The number of pyridine rings is 1. The standard InChI is InChI=1S/C19H21N3O2S/c23-17(9-15-4-2-8-25-15)22-7-5-19(13-22)10-16(19)18(24)21-12-14-3-1-6-20-11-14/h1-4,6,8,11,16H,5,7,9-10,12-13H2,(H,21,24)/t16-,19+/m0/s1. The van der Waals surface area contributed by atoms with Gasteiger partial charge >= 0.3 is 0 Å². The number of nitrogens with zero attached hydrogens (tertiary/aromatic N) is 2. The SMILES string of the molecule is O=C(NCc1cccnc1)[C@@H]1C[C@@]12CCN(C(=O)Cc1cccs1)C2. The third-order valence-electron chi connectivity index (χ3n) is 5.34. The molecule has 2 amide bonds. The minimum absolute atomic E-state index is 0.0180. The molecule has 0 radical (unpaired) electrons. The Hall–Kier alpha value is -2.21. The van der Waals surface area contributed by atoms with Crippen LogP contribution in [0.5, 0.6) is 0 Å². The molecule has 2 aliphatic rings. The van der Waals surface area contributed by atoms with Crippen LogP contribution in [-0.4, -0.2) is 34.8 Å². The number of aromatic nitrogens is 1. The summed E-state index contributed by atoms with van der Waals surface area (Å²) in [7, 11) is 0. The number of hydrogen-bond donors (Lipinski definition) is 1. The average Bonchev–Trinajstić information content (AvgIpc) is 2.96. The number of carbonyl (C=O) groups is 2. The van der Waals surface area contributed by atoms with Crippen molar-refractivity contribution in [1.82, 2.24) is 15.2 Å². The molecule has 0 unspecified atom stereocenters. The molecule has 2 fully saturated rings. The minimum atomic E-state index is 0.0180. The van der Waals surface area contributed by atoms with Crippen molar-refractivity contribution < 1.29 is 9.59 Å². The number of amides is 2. The largest absolute Gasteiger partial charge is 0.352 e.